The number of halogens is 6. The Morgan fingerprint density at radius 2 is 1.42 bits per heavy atom. The number of alkyl halides is 6. The molecule has 2 fully saturated rings. The predicted octanol–water partition coefficient (Wildman–Crippen LogP) is 4.16. The molecule has 2 saturated heterocycles. The zero-order chi connectivity index (χ0) is 27.9. The van der Waals surface area contributed by atoms with Crippen molar-refractivity contribution >= 4 is 21.6 Å². The van der Waals surface area contributed by atoms with E-state index in [4.69, 9.17) is 0 Å². The number of amides is 2. The minimum absolute atomic E-state index is 0.0135. The van der Waals surface area contributed by atoms with Gasteiger partial charge in [-0.15, -0.1) is 0 Å². The van der Waals surface area contributed by atoms with E-state index >= 15 is 0 Å². The third-order valence-electron chi connectivity index (χ3n) is 6.67. The Morgan fingerprint density at radius 3 is 1.89 bits per heavy atom. The number of carbonyl (C=O) groups is 1. The van der Waals surface area contributed by atoms with Gasteiger partial charge in [-0.3, -0.25) is 9.80 Å². The van der Waals surface area contributed by atoms with Crippen LogP contribution in [0.2, 0.25) is 0 Å². The van der Waals surface area contributed by atoms with Crippen LogP contribution in [0.25, 0.3) is 0 Å². The van der Waals surface area contributed by atoms with Gasteiger partial charge in [-0.2, -0.15) is 26.3 Å². The topological polar surface area (TPSA) is 73.0 Å². The number of likely N-dealkylation sites (tertiary alicyclic amines) is 1. The number of rotatable bonds is 5. The Bertz CT molecular complexity index is 1240. The molecular formula is C24H26F6N4O3S. The predicted molar refractivity (Wildman–Crippen MR) is 127 cm³/mol. The Morgan fingerprint density at radius 1 is 0.895 bits per heavy atom. The molecular weight excluding hydrogens is 538 g/mol. The molecule has 0 aromatic heterocycles. The SMILES string of the molecule is CS(=O)(=O)c1ccc(CN2CCN(C3CN(C(=O)Nc4cc(C(F)(F)F)cc(C(F)(F)F)c4)C3)CC2)cc1. The van der Waals surface area contributed by atoms with Crippen molar-refractivity contribution in [2.24, 2.45) is 0 Å². The van der Waals surface area contributed by atoms with Crippen LogP contribution >= 0.6 is 0 Å². The number of anilines is 1. The molecule has 2 amide bonds. The number of hydrogen-bond donors (Lipinski definition) is 1. The fraction of sp³-hybridized carbons (Fsp3) is 0.458. The highest BCUT2D eigenvalue weighted by Gasteiger charge is 2.39. The summed E-state index contributed by atoms with van der Waals surface area (Å²) in [7, 11) is -3.25. The van der Waals surface area contributed by atoms with Gasteiger partial charge in [0, 0.05) is 63.8 Å². The summed E-state index contributed by atoms with van der Waals surface area (Å²) in [6.07, 6.45) is -8.84. The largest absolute Gasteiger partial charge is 0.416 e. The molecule has 2 heterocycles. The summed E-state index contributed by atoms with van der Waals surface area (Å²) in [6.45, 7) is 4.23. The molecule has 14 heteroatoms. The van der Waals surface area contributed by atoms with Gasteiger partial charge in [-0.1, -0.05) is 12.1 Å². The number of benzene rings is 2. The smallest absolute Gasteiger partial charge is 0.321 e. The number of sulfone groups is 1. The zero-order valence-corrected chi connectivity index (χ0v) is 21.1. The Balaban J connectivity index is 1.27. The van der Waals surface area contributed by atoms with Gasteiger partial charge in [-0.05, 0) is 35.9 Å². The van der Waals surface area contributed by atoms with Crippen molar-refractivity contribution in [1.82, 2.24) is 14.7 Å². The maximum absolute atomic E-state index is 13.1. The van der Waals surface area contributed by atoms with Gasteiger partial charge in [0.25, 0.3) is 0 Å². The summed E-state index contributed by atoms with van der Waals surface area (Å²) in [5.41, 5.74) is -2.57. The van der Waals surface area contributed by atoms with E-state index < -0.39 is 45.0 Å². The second kappa shape index (κ2) is 10.4. The summed E-state index contributed by atoms with van der Waals surface area (Å²) in [4.78, 5) is 18.5. The molecule has 2 aliphatic rings. The normalized spacial score (nSPS) is 18.3. The van der Waals surface area contributed by atoms with Crippen molar-refractivity contribution in [2.45, 2.75) is 29.8 Å². The van der Waals surface area contributed by atoms with Gasteiger partial charge in [-0.25, -0.2) is 13.2 Å². The van der Waals surface area contributed by atoms with Crippen LogP contribution in [0.1, 0.15) is 16.7 Å². The van der Waals surface area contributed by atoms with Crippen molar-refractivity contribution in [2.75, 3.05) is 50.8 Å². The molecule has 4 rings (SSSR count). The van der Waals surface area contributed by atoms with E-state index in [0.717, 1.165) is 38.0 Å². The average Bonchev–Trinajstić information content (AvgIpc) is 2.77. The summed E-state index contributed by atoms with van der Waals surface area (Å²) in [5.74, 6) is 0. The van der Waals surface area contributed by atoms with E-state index in [0.29, 0.717) is 31.8 Å². The van der Waals surface area contributed by atoms with Crippen LogP contribution < -0.4 is 5.32 Å². The molecule has 0 unspecified atom stereocenters. The lowest BCUT2D eigenvalue weighted by Crippen LogP contribution is -2.64. The molecule has 208 valence electrons. The van der Waals surface area contributed by atoms with Gasteiger partial charge in [0.2, 0.25) is 0 Å². The van der Waals surface area contributed by atoms with Crippen LogP contribution in [0.15, 0.2) is 47.4 Å². The molecule has 2 aromatic rings. The number of hydrogen-bond acceptors (Lipinski definition) is 5. The maximum atomic E-state index is 13.1. The highest BCUT2D eigenvalue weighted by Crippen LogP contribution is 2.37. The number of nitrogens with one attached hydrogen (secondary N) is 1. The van der Waals surface area contributed by atoms with Crippen LogP contribution in [0.3, 0.4) is 0 Å². The molecule has 0 atom stereocenters. The first kappa shape index (κ1) is 28.2. The lowest BCUT2D eigenvalue weighted by Gasteiger charge is -2.48. The second-order valence-electron chi connectivity index (χ2n) is 9.51. The fourth-order valence-electron chi connectivity index (χ4n) is 4.47. The van der Waals surface area contributed by atoms with Crippen LogP contribution in [0.4, 0.5) is 36.8 Å². The Kier molecular flexibility index (Phi) is 7.70. The first-order valence-electron chi connectivity index (χ1n) is 11.7. The van der Waals surface area contributed by atoms with E-state index in [1.165, 1.54) is 4.90 Å². The molecule has 2 aromatic carbocycles. The van der Waals surface area contributed by atoms with Crippen molar-refractivity contribution in [3.8, 4) is 0 Å². The molecule has 2 aliphatic heterocycles. The third kappa shape index (κ3) is 6.77. The molecule has 1 N–H and O–H groups in total. The highest BCUT2D eigenvalue weighted by molar-refractivity contribution is 7.90. The minimum atomic E-state index is -5.00. The van der Waals surface area contributed by atoms with Gasteiger partial charge >= 0.3 is 18.4 Å². The van der Waals surface area contributed by atoms with E-state index in [1.807, 2.05) is 0 Å². The molecule has 7 nitrogen and oxygen atoms in total. The third-order valence-corrected chi connectivity index (χ3v) is 7.80. The monoisotopic (exact) mass is 564 g/mol. The number of urea groups is 1. The summed E-state index contributed by atoms with van der Waals surface area (Å²) >= 11 is 0. The first-order valence-corrected chi connectivity index (χ1v) is 13.6. The maximum Gasteiger partial charge on any atom is 0.416 e. The summed E-state index contributed by atoms with van der Waals surface area (Å²) in [6, 6.07) is 7.00. The van der Waals surface area contributed by atoms with Crippen LogP contribution in [-0.2, 0) is 28.7 Å². The van der Waals surface area contributed by atoms with Crippen molar-refractivity contribution in [1.29, 1.82) is 0 Å². The molecule has 0 spiro atoms. The van der Waals surface area contributed by atoms with Crippen LogP contribution in [-0.4, -0.2) is 80.7 Å². The van der Waals surface area contributed by atoms with Crippen LogP contribution in [0.5, 0.6) is 0 Å². The second-order valence-corrected chi connectivity index (χ2v) is 11.5. The fourth-order valence-corrected chi connectivity index (χ4v) is 5.10. The van der Waals surface area contributed by atoms with Gasteiger partial charge in [0.1, 0.15) is 0 Å². The minimum Gasteiger partial charge on any atom is -0.321 e. The first-order chi connectivity index (χ1) is 17.6. The van der Waals surface area contributed by atoms with Crippen molar-refractivity contribution in [3.05, 3.63) is 59.2 Å². The van der Waals surface area contributed by atoms with Gasteiger partial charge < -0.3 is 10.2 Å². The van der Waals surface area contributed by atoms with Crippen molar-refractivity contribution in [3.63, 3.8) is 0 Å². The zero-order valence-electron chi connectivity index (χ0n) is 20.3. The average molecular weight is 565 g/mol. The number of carbonyl (C=O) groups excluding carboxylic acids is 1. The van der Waals surface area contributed by atoms with E-state index in [9.17, 15) is 39.6 Å². The quantitative estimate of drug-likeness (QED) is 0.553. The van der Waals surface area contributed by atoms with E-state index in [1.54, 1.807) is 24.3 Å². The molecule has 0 bridgehead atoms. The lowest BCUT2D eigenvalue weighted by molar-refractivity contribution is -0.143. The lowest BCUT2D eigenvalue weighted by atomic mass is 10.1. The number of nitrogens with zero attached hydrogens (tertiary/aromatic N) is 3. The highest BCUT2D eigenvalue weighted by atomic mass is 32.2. The van der Waals surface area contributed by atoms with Crippen LogP contribution in [0, 0.1) is 0 Å². The summed E-state index contributed by atoms with van der Waals surface area (Å²) in [5, 5.41) is 2.16. The standard InChI is InChI=1S/C24H26F6N4O3S/c1-38(36,37)21-4-2-16(3-5-21)13-32-6-8-33(9-7-32)20-14-34(15-20)22(35)31-19-11-17(23(25,26)27)10-18(12-19)24(28,29)30/h2-5,10-12,20H,6-9,13-15H2,1H3,(H,31,35). The Labute approximate surface area is 215 Å². The molecule has 0 saturated carbocycles. The van der Waals surface area contributed by atoms with Crippen molar-refractivity contribution < 1.29 is 39.6 Å². The summed E-state index contributed by atoms with van der Waals surface area (Å²) < 4.78 is 102. The Hall–Kier alpha value is -2.84. The number of piperazine rings is 1. The molecule has 0 radical (unpaired) electrons. The van der Waals surface area contributed by atoms with Gasteiger partial charge in [0.05, 0.1) is 16.0 Å². The van der Waals surface area contributed by atoms with Gasteiger partial charge in [0.15, 0.2) is 9.84 Å². The molecule has 38 heavy (non-hydrogen) atoms. The molecule has 0 aliphatic carbocycles. The van der Waals surface area contributed by atoms with E-state index in [2.05, 4.69) is 15.1 Å². The van der Waals surface area contributed by atoms with E-state index in [-0.39, 0.29) is 17.0 Å².